The van der Waals surface area contributed by atoms with E-state index in [0.717, 1.165) is 28.0 Å². The van der Waals surface area contributed by atoms with Gasteiger partial charge in [0.1, 0.15) is 11.3 Å². The Labute approximate surface area is 139 Å². The van der Waals surface area contributed by atoms with Crippen LogP contribution in [0.5, 0.6) is 5.75 Å². The van der Waals surface area contributed by atoms with Crippen LogP contribution in [0.25, 0.3) is 11.0 Å². The van der Waals surface area contributed by atoms with E-state index in [1.54, 1.807) is 25.5 Å². The number of furan rings is 1. The van der Waals surface area contributed by atoms with Gasteiger partial charge in [0.15, 0.2) is 0 Å². The second-order valence-corrected chi connectivity index (χ2v) is 5.67. The van der Waals surface area contributed by atoms with Crippen LogP contribution < -0.4 is 10.1 Å². The second kappa shape index (κ2) is 6.34. The number of carbonyl (C=O) groups is 1. The fourth-order valence-corrected chi connectivity index (χ4v) is 2.61. The summed E-state index contributed by atoms with van der Waals surface area (Å²) in [5.41, 5.74) is 3.10. The Kier molecular flexibility index (Phi) is 4.26. The molecule has 2 aromatic carbocycles. The number of anilines is 1. The Morgan fingerprint density at radius 2 is 2.13 bits per heavy atom. The molecule has 0 saturated heterocycles. The standard InChI is InChI=1S/C18H16ClNO3/c1-11-15(19)4-3-5-16(11)20-18(21)8-12-10-23-17-9-13(22-2)6-7-14(12)17/h3-7,9-10H,8H2,1-2H3,(H,20,21). The van der Waals surface area contributed by atoms with Crippen molar-refractivity contribution in [1.82, 2.24) is 0 Å². The number of rotatable bonds is 4. The zero-order valence-corrected chi connectivity index (χ0v) is 13.6. The molecule has 0 bridgehead atoms. The number of benzene rings is 2. The topological polar surface area (TPSA) is 51.5 Å². The van der Waals surface area contributed by atoms with Crippen LogP contribution >= 0.6 is 11.6 Å². The van der Waals surface area contributed by atoms with Crippen LogP contribution in [0.2, 0.25) is 5.02 Å². The van der Waals surface area contributed by atoms with Crippen molar-refractivity contribution < 1.29 is 13.9 Å². The predicted molar refractivity (Wildman–Crippen MR) is 91.3 cm³/mol. The molecule has 1 aromatic heterocycles. The number of hydrogen-bond donors (Lipinski definition) is 1. The van der Waals surface area contributed by atoms with Crippen molar-refractivity contribution in [1.29, 1.82) is 0 Å². The summed E-state index contributed by atoms with van der Waals surface area (Å²) in [4.78, 5) is 12.3. The first kappa shape index (κ1) is 15.4. The largest absolute Gasteiger partial charge is 0.497 e. The number of fused-ring (bicyclic) bond motifs is 1. The molecule has 1 amide bonds. The Balaban J connectivity index is 1.79. The Hall–Kier alpha value is -2.46. The van der Waals surface area contributed by atoms with Gasteiger partial charge in [0.05, 0.1) is 19.8 Å². The van der Waals surface area contributed by atoms with E-state index in [4.69, 9.17) is 20.8 Å². The number of hydrogen-bond acceptors (Lipinski definition) is 3. The van der Waals surface area contributed by atoms with Gasteiger partial charge in [-0.3, -0.25) is 4.79 Å². The zero-order chi connectivity index (χ0) is 16.4. The third-order valence-electron chi connectivity index (χ3n) is 3.76. The van der Waals surface area contributed by atoms with Gasteiger partial charge >= 0.3 is 0 Å². The second-order valence-electron chi connectivity index (χ2n) is 5.26. The van der Waals surface area contributed by atoms with Crippen LogP contribution in [0, 0.1) is 6.92 Å². The molecule has 0 atom stereocenters. The van der Waals surface area contributed by atoms with Crippen molar-refractivity contribution in [2.45, 2.75) is 13.3 Å². The summed E-state index contributed by atoms with van der Waals surface area (Å²) in [5.74, 6) is 0.603. The monoisotopic (exact) mass is 329 g/mol. The van der Waals surface area contributed by atoms with Crippen LogP contribution in [0.15, 0.2) is 47.1 Å². The molecule has 5 heteroatoms. The van der Waals surface area contributed by atoms with Gasteiger partial charge in [-0.25, -0.2) is 0 Å². The molecule has 0 aliphatic heterocycles. The van der Waals surface area contributed by atoms with Gasteiger partial charge in [-0.05, 0) is 36.8 Å². The lowest BCUT2D eigenvalue weighted by atomic mass is 10.1. The maximum atomic E-state index is 12.3. The Bertz CT molecular complexity index is 870. The molecule has 4 nitrogen and oxygen atoms in total. The summed E-state index contributed by atoms with van der Waals surface area (Å²) in [6.45, 7) is 1.87. The molecular weight excluding hydrogens is 314 g/mol. The molecule has 3 rings (SSSR count). The molecule has 3 aromatic rings. The molecule has 0 spiro atoms. The van der Waals surface area contributed by atoms with Gasteiger partial charge in [-0.2, -0.15) is 0 Å². The summed E-state index contributed by atoms with van der Waals surface area (Å²) in [7, 11) is 1.60. The van der Waals surface area contributed by atoms with E-state index in [9.17, 15) is 4.79 Å². The average Bonchev–Trinajstić information content (AvgIpc) is 2.94. The highest BCUT2D eigenvalue weighted by Crippen LogP contribution is 2.27. The minimum Gasteiger partial charge on any atom is -0.497 e. The first-order valence-electron chi connectivity index (χ1n) is 7.17. The van der Waals surface area contributed by atoms with Crippen molar-refractivity contribution in [3.63, 3.8) is 0 Å². The summed E-state index contributed by atoms with van der Waals surface area (Å²) in [6, 6.07) is 11.0. The van der Waals surface area contributed by atoms with Crippen molar-refractivity contribution in [2.75, 3.05) is 12.4 Å². The molecule has 0 fully saturated rings. The third-order valence-corrected chi connectivity index (χ3v) is 4.17. The van der Waals surface area contributed by atoms with Gasteiger partial charge in [0.2, 0.25) is 5.91 Å². The number of amides is 1. The maximum Gasteiger partial charge on any atom is 0.228 e. The van der Waals surface area contributed by atoms with Gasteiger partial charge in [0, 0.05) is 27.7 Å². The summed E-state index contributed by atoms with van der Waals surface area (Å²) < 4.78 is 10.7. The third kappa shape index (κ3) is 3.17. The molecule has 1 heterocycles. The summed E-state index contributed by atoms with van der Waals surface area (Å²) in [6.07, 6.45) is 1.83. The molecule has 0 unspecified atom stereocenters. The summed E-state index contributed by atoms with van der Waals surface area (Å²) in [5, 5.41) is 4.42. The van der Waals surface area contributed by atoms with E-state index in [2.05, 4.69) is 5.32 Å². The quantitative estimate of drug-likeness (QED) is 0.762. The predicted octanol–water partition coefficient (Wildman–Crippen LogP) is 4.58. The fraction of sp³-hybridized carbons (Fsp3) is 0.167. The lowest BCUT2D eigenvalue weighted by Gasteiger charge is -2.09. The fourth-order valence-electron chi connectivity index (χ4n) is 2.44. The molecular formula is C18H16ClNO3. The number of carbonyl (C=O) groups excluding carboxylic acids is 1. The lowest BCUT2D eigenvalue weighted by Crippen LogP contribution is -2.15. The van der Waals surface area contributed by atoms with Gasteiger partial charge in [-0.1, -0.05) is 17.7 Å². The smallest absolute Gasteiger partial charge is 0.228 e. The highest BCUT2D eigenvalue weighted by Gasteiger charge is 2.12. The van der Waals surface area contributed by atoms with E-state index < -0.39 is 0 Å². The first-order chi connectivity index (χ1) is 11.1. The van der Waals surface area contributed by atoms with E-state index in [-0.39, 0.29) is 12.3 Å². The number of halogens is 1. The summed E-state index contributed by atoms with van der Waals surface area (Å²) >= 11 is 6.07. The van der Waals surface area contributed by atoms with E-state index in [1.807, 2.05) is 31.2 Å². The van der Waals surface area contributed by atoms with Gasteiger partial charge < -0.3 is 14.5 Å². The number of methoxy groups -OCH3 is 1. The van der Waals surface area contributed by atoms with E-state index in [0.29, 0.717) is 10.6 Å². The van der Waals surface area contributed by atoms with Crippen LogP contribution in [0.1, 0.15) is 11.1 Å². The highest BCUT2D eigenvalue weighted by atomic mass is 35.5. The molecule has 118 valence electrons. The Morgan fingerprint density at radius 1 is 1.30 bits per heavy atom. The molecule has 1 N–H and O–H groups in total. The van der Waals surface area contributed by atoms with Crippen LogP contribution in [-0.4, -0.2) is 13.0 Å². The molecule has 0 aliphatic rings. The van der Waals surface area contributed by atoms with E-state index in [1.165, 1.54) is 0 Å². The molecule has 23 heavy (non-hydrogen) atoms. The molecule has 0 radical (unpaired) electrons. The minimum atomic E-state index is -0.117. The highest BCUT2D eigenvalue weighted by molar-refractivity contribution is 6.31. The van der Waals surface area contributed by atoms with Crippen molar-refractivity contribution >= 4 is 34.2 Å². The van der Waals surface area contributed by atoms with Crippen LogP contribution in [0.4, 0.5) is 5.69 Å². The lowest BCUT2D eigenvalue weighted by molar-refractivity contribution is -0.115. The van der Waals surface area contributed by atoms with E-state index >= 15 is 0 Å². The number of ether oxygens (including phenoxy) is 1. The van der Waals surface area contributed by atoms with Crippen LogP contribution in [-0.2, 0) is 11.2 Å². The molecule has 0 aliphatic carbocycles. The van der Waals surface area contributed by atoms with Crippen molar-refractivity contribution in [2.24, 2.45) is 0 Å². The van der Waals surface area contributed by atoms with Gasteiger partial charge in [-0.15, -0.1) is 0 Å². The minimum absolute atomic E-state index is 0.117. The normalized spacial score (nSPS) is 10.7. The van der Waals surface area contributed by atoms with Crippen LogP contribution in [0.3, 0.4) is 0 Å². The van der Waals surface area contributed by atoms with Crippen molar-refractivity contribution in [3.05, 3.63) is 58.8 Å². The zero-order valence-electron chi connectivity index (χ0n) is 12.9. The van der Waals surface area contributed by atoms with Gasteiger partial charge in [0.25, 0.3) is 0 Å². The number of nitrogens with one attached hydrogen (secondary N) is 1. The maximum absolute atomic E-state index is 12.3. The first-order valence-corrected chi connectivity index (χ1v) is 7.55. The SMILES string of the molecule is COc1ccc2c(CC(=O)Nc3cccc(Cl)c3C)coc2c1. The Morgan fingerprint density at radius 3 is 2.91 bits per heavy atom. The average molecular weight is 330 g/mol. The molecule has 0 saturated carbocycles. The van der Waals surface area contributed by atoms with Crippen molar-refractivity contribution in [3.8, 4) is 5.75 Å².